The molecule has 0 aromatic heterocycles. The first-order valence-corrected chi connectivity index (χ1v) is 7.77. The van der Waals surface area contributed by atoms with Crippen molar-refractivity contribution in [2.45, 2.75) is 61.8 Å². The summed E-state index contributed by atoms with van der Waals surface area (Å²) in [7, 11) is 0. The number of thiol groups is 1. The predicted octanol–water partition coefficient (Wildman–Crippen LogP) is 4.10. The molecule has 4 heteroatoms. The lowest BCUT2D eigenvalue weighted by Gasteiger charge is -2.20. The van der Waals surface area contributed by atoms with E-state index in [0.717, 1.165) is 32.5 Å². The number of amides is 1. The van der Waals surface area contributed by atoms with Crippen LogP contribution < -0.4 is 0 Å². The molecule has 3 nitrogen and oxygen atoms in total. The van der Waals surface area contributed by atoms with Crippen LogP contribution in [-0.2, 0) is 4.79 Å². The fourth-order valence-corrected chi connectivity index (χ4v) is 1.13. The Morgan fingerprint density at radius 3 is 1.61 bits per heavy atom. The van der Waals surface area contributed by atoms with Gasteiger partial charge in [0.1, 0.15) is 0 Å². The van der Waals surface area contributed by atoms with Crippen LogP contribution in [0.3, 0.4) is 0 Å². The number of hydrogen-bond acceptors (Lipinski definition) is 3. The van der Waals surface area contributed by atoms with Crippen molar-refractivity contribution >= 4 is 19.2 Å². The molecule has 0 N–H and O–H groups in total. The molecule has 0 spiro atoms. The molecule has 0 bridgehead atoms. The Balaban J connectivity index is -0.000000141. The van der Waals surface area contributed by atoms with Gasteiger partial charge in [0.25, 0.3) is 0 Å². The van der Waals surface area contributed by atoms with E-state index in [9.17, 15) is 4.79 Å². The van der Waals surface area contributed by atoms with Gasteiger partial charge < -0.3 is 4.90 Å². The van der Waals surface area contributed by atoms with Crippen molar-refractivity contribution < 1.29 is 4.79 Å². The van der Waals surface area contributed by atoms with E-state index in [0.29, 0.717) is 6.54 Å². The first-order valence-electron chi connectivity index (χ1n) is 7.37. The second-order valence-electron chi connectivity index (χ2n) is 2.70. The summed E-state index contributed by atoms with van der Waals surface area (Å²) in [6, 6.07) is 0. The topological polar surface area (TPSA) is 23.6 Å². The van der Waals surface area contributed by atoms with E-state index >= 15 is 0 Å². The van der Waals surface area contributed by atoms with Crippen LogP contribution in [0.1, 0.15) is 61.8 Å². The molecular formula is C14H36N2OS. The quantitative estimate of drug-likeness (QED) is 0.560. The first kappa shape index (κ1) is 26.4. The third-order valence-corrected chi connectivity index (χ3v) is 2.05. The minimum Gasteiger partial charge on any atom is -0.302 e. The van der Waals surface area contributed by atoms with E-state index in [1.54, 1.807) is 0 Å². The molecule has 114 valence electrons. The van der Waals surface area contributed by atoms with Gasteiger partial charge in [-0.3, -0.25) is 9.10 Å². The molecule has 0 fully saturated rings. The molecule has 0 rings (SSSR count). The monoisotopic (exact) mass is 280 g/mol. The zero-order valence-corrected chi connectivity index (χ0v) is 14.8. The van der Waals surface area contributed by atoms with E-state index in [4.69, 9.17) is 0 Å². The summed E-state index contributed by atoms with van der Waals surface area (Å²) < 4.78 is 1.37. The molecule has 0 radical (unpaired) electrons. The van der Waals surface area contributed by atoms with Gasteiger partial charge in [0, 0.05) is 13.1 Å². The lowest BCUT2D eigenvalue weighted by atomic mass is 10.4. The average molecular weight is 281 g/mol. The average Bonchev–Trinajstić information content (AvgIpc) is 2.49. The van der Waals surface area contributed by atoms with Gasteiger partial charge in [0.05, 0.1) is 0 Å². The fraction of sp³-hybridized carbons (Fsp3) is 0.929. The number of carbonyl (C=O) groups is 1. The Labute approximate surface area is 121 Å². The van der Waals surface area contributed by atoms with Gasteiger partial charge in [-0.2, -0.15) is 0 Å². The van der Waals surface area contributed by atoms with Gasteiger partial charge in [-0.15, -0.1) is 0 Å². The van der Waals surface area contributed by atoms with E-state index in [1.807, 2.05) is 41.5 Å². The summed E-state index contributed by atoms with van der Waals surface area (Å²) in [5, 5.41) is 0. The van der Waals surface area contributed by atoms with E-state index < -0.39 is 0 Å². The number of hydrogen-bond donors (Lipinski definition) is 1. The molecule has 0 heterocycles. The molecule has 0 aliphatic heterocycles. The highest BCUT2D eigenvalue weighted by molar-refractivity contribution is 7.78. The van der Waals surface area contributed by atoms with Crippen LogP contribution in [-0.4, -0.2) is 41.8 Å². The minimum atomic E-state index is 0.695. The summed E-state index contributed by atoms with van der Waals surface area (Å²) in [6.45, 7) is 20.0. The van der Waals surface area contributed by atoms with Crippen LogP contribution in [0, 0.1) is 0 Å². The fourth-order valence-electron chi connectivity index (χ4n) is 1.04. The van der Waals surface area contributed by atoms with E-state index in [1.165, 1.54) is 4.31 Å². The standard InChI is InChI=1S/C8H18N2OS.3C2H6/c1-3-5-9(4-2)6-7-10(12)8-11;3*1-2/h8,12H,3-7H2,1-2H3;3*1-2H3. The highest BCUT2D eigenvalue weighted by Crippen LogP contribution is 1.93. The Bertz CT molecular complexity index is 124. The van der Waals surface area contributed by atoms with Gasteiger partial charge in [0.15, 0.2) is 0 Å². The van der Waals surface area contributed by atoms with Gasteiger partial charge in [-0.25, -0.2) is 0 Å². The highest BCUT2D eigenvalue weighted by atomic mass is 32.1. The predicted molar refractivity (Wildman–Crippen MR) is 88.2 cm³/mol. The zero-order valence-electron chi connectivity index (χ0n) is 13.9. The Kier molecular flexibility index (Phi) is 44.1. The molecule has 0 aliphatic rings. The van der Waals surface area contributed by atoms with E-state index in [-0.39, 0.29) is 0 Å². The minimum absolute atomic E-state index is 0.695. The Morgan fingerprint density at radius 1 is 0.889 bits per heavy atom. The first-order chi connectivity index (χ1) is 8.74. The third-order valence-electron chi connectivity index (χ3n) is 1.75. The maximum Gasteiger partial charge on any atom is 0.219 e. The van der Waals surface area contributed by atoms with Crippen LogP contribution >= 0.6 is 12.8 Å². The number of nitrogens with zero attached hydrogens (tertiary/aromatic N) is 2. The zero-order chi connectivity index (χ0) is 15.4. The summed E-state index contributed by atoms with van der Waals surface area (Å²) in [5.74, 6) is 0. The summed E-state index contributed by atoms with van der Waals surface area (Å²) >= 11 is 3.95. The van der Waals surface area contributed by atoms with E-state index in [2.05, 4.69) is 31.6 Å². The van der Waals surface area contributed by atoms with Crippen LogP contribution in [0.2, 0.25) is 0 Å². The highest BCUT2D eigenvalue weighted by Gasteiger charge is 2.01. The third kappa shape index (κ3) is 24.8. The van der Waals surface area contributed by atoms with Crippen molar-refractivity contribution in [3.05, 3.63) is 0 Å². The molecule has 0 aromatic carbocycles. The van der Waals surface area contributed by atoms with Gasteiger partial charge in [-0.05, 0) is 19.5 Å². The van der Waals surface area contributed by atoms with Crippen molar-refractivity contribution in [3.63, 3.8) is 0 Å². The van der Waals surface area contributed by atoms with Crippen LogP contribution in [0.4, 0.5) is 0 Å². The maximum absolute atomic E-state index is 10.2. The van der Waals surface area contributed by atoms with Crippen molar-refractivity contribution in [1.29, 1.82) is 0 Å². The molecule has 1 amide bonds. The molecule has 0 atom stereocenters. The number of likely N-dealkylation sites (N-methyl/N-ethyl adjacent to an activating group) is 1. The molecule has 0 aromatic rings. The van der Waals surface area contributed by atoms with Crippen molar-refractivity contribution in [2.24, 2.45) is 0 Å². The number of rotatable bonds is 7. The molecule has 0 saturated heterocycles. The number of carbonyl (C=O) groups excluding carboxylic acids is 1. The summed E-state index contributed by atoms with van der Waals surface area (Å²) in [6.07, 6.45) is 1.89. The molecule has 0 saturated carbocycles. The summed E-state index contributed by atoms with van der Waals surface area (Å²) in [5.41, 5.74) is 0. The SMILES string of the molecule is CC.CC.CC.CCCN(CC)CCN(S)C=O. The normalized spacial score (nSPS) is 7.89. The van der Waals surface area contributed by atoms with Crippen LogP contribution in [0.25, 0.3) is 0 Å². The largest absolute Gasteiger partial charge is 0.302 e. The second kappa shape index (κ2) is 30.1. The molecular weight excluding hydrogens is 244 g/mol. The Hall–Kier alpha value is -0.220. The summed E-state index contributed by atoms with van der Waals surface area (Å²) in [4.78, 5) is 12.5. The molecule has 0 unspecified atom stereocenters. The molecule has 0 aliphatic carbocycles. The van der Waals surface area contributed by atoms with Gasteiger partial charge >= 0.3 is 0 Å². The van der Waals surface area contributed by atoms with Gasteiger partial charge in [-0.1, -0.05) is 68.2 Å². The smallest absolute Gasteiger partial charge is 0.219 e. The van der Waals surface area contributed by atoms with Crippen molar-refractivity contribution in [1.82, 2.24) is 9.21 Å². The maximum atomic E-state index is 10.2. The Morgan fingerprint density at radius 2 is 1.33 bits per heavy atom. The van der Waals surface area contributed by atoms with Crippen LogP contribution in [0.15, 0.2) is 0 Å². The van der Waals surface area contributed by atoms with Gasteiger partial charge in [0.2, 0.25) is 6.41 Å². The second-order valence-corrected chi connectivity index (χ2v) is 3.22. The lowest BCUT2D eigenvalue weighted by Crippen LogP contribution is -2.31. The van der Waals surface area contributed by atoms with Crippen molar-refractivity contribution in [2.75, 3.05) is 26.2 Å². The molecule has 18 heavy (non-hydrogen) atoms. The van der Waals surface area contributed by atoms with Crippen LogP contribution in [0.5, 0.6) is 0 Å². The van der Waals surface area contributed by atoms with Crippen molar-refractivity contribution in [3.8, 4) is 0 Å². The lowest BCUT2D eigenvalue weighted by molar-refractivity contribution is -0.113.